The standard InChI is InChI=1S/C15H19ClO4/c1-9(2)20-13-6-10(11(16)7-12(13)19-3)15(4-5-15)8-14(17)18/h6-7,9H,4-5,8H2,1-3H3,(H,17,18). The van der Waals surface area contributed by atoms with Gasteiger partial charge in [0.25, 0.3) is 0 Å². The average molecular weight is 299 g/mol. The van der Waals surface area contributed by atoms with Crippen LogP contribution in [0.25, 0.3) is 0 Å². The van der Waals surface area contributed by atoms with Crippen LogP contribution < -0.4 is 9.47 Å². The molecule has 0 saturated heterocycles. The molecule has 110 valence electrons. The van der Waals surface area contributed by atoms with Gasteiger partial charge >= 0.3 is 5.97 Å². The normalized spacial score (nSPS) is 16.1. The molecule has 1 fully saturated rings. The van der Waals surface area contributed by atoms with E-state index in [9.17, 15) is 4.79 Å². The lowest BCUT2D eigenvalue weighted by Gasteiger charge is -2.20. The fourth-order valence-corrected chi connectivity index (χ4v) is 2.78. The summed E-state index contributed by atoms with van der Waals surface area (Å²) in [6.07, 6.45) is 1.78. The van der Waals surface area contributed by atoms with Gasteiger partial charge in [0.05, 0.1) is 19.6 Å². The average Bonchev–Trinajstić information content (AvgIpc) is 3.10. The number of rotatable bonds is 6. The minimum Gasteiger partial charge on any atom is -0.493 e. The number of ether oxygens (including phenoxy) is 2. The molecule has 5 heteroatoms. The van der Waals surface area contributed by atoms with Crippen molar-refractivity contribution in [3.63, 3.8) is 0 Å². The van der Waals surface area contributed by atoms with Crippen LogP contribution in [0.3, 0.4) is 0 Å². The van der Waals surface area contributed by atoms with Gasteiger partial charge in [0, 0.05) is 16.5 Å². The lowest BCUT2D eigenvalue weighted by molar-refractivity contribution is -0.137. The quantitative estimate of drug-likeness (QED) is 0.871. The van der Waals surface area contributed by atoms with Crippen LogP contribution in [0, 0.1) is 0 Å². The Hall–Kier alpha value is -1.42. The number of benzene rings is 1. The summed E-state index contributed by atoms with van der Waals surface area (Å²) >= 11 is 6.30. The highest BCUT2D eigenvalue weighted by atomic mass is 35.5. The zero-order valence-electron chi connectivity index (χ0n) is 11.9. The van der Waals surface area contributed by atoms with E-state index in [4.69, 9.17) is 26.2 Å². The van der Waals surface area contributed by atoms with Crippen molar-refractivity contribution in [3.8, 4) is 11.5 Å². The third kappa shape index (κ3) is 3.01. The zero-order valence-corrected chi connectivity index (χ0v) is 12.7. The van der Waals surface area contributed by atoms with Gasteiger partial charge in [-0.25, -0.2) is 0 Å². The molecule has 1 aromatic carbocycles. The zero-order chi connectivity index (χ0) is 14.9. The molecular weight excluding hydrogens is 280 g/mol. The maximum absolute atomic E-state index is 11.0. The summed E-state index contributed by atoms with van der Waals surface area (Å²) in [6, 6.07) is 3.54. The van der Waals surface area contributed by atoms with Crippen LogP contribution >= 0.6 is 11.6 Å². The summed E-state index contributed by atoms with van der Waals surface area (Å²) in [7, 11) is 1.56. The van der Waals surface area contributed by atoms with E-state index in [1.165, 1.54) is 0 Å². The summed E-state index contributed by atoms with van der Waals surface area (Å²) in [5, 5.41) is 9.60. The summed E-state index contributed by atoms with van der Waals surface area (Å²) in [6.45, 7) is 3.86. The largest absolute Gasteiger partial charge is 0.493 e. The third-order valence-electron chi connectivity index (χ3n) is 3.53. The van der Waals surface area contributed by atoms with Crippen molar-refractivity contribution in [2.75, 3.05) is 7.11 Å². The number of aliphatic carboxylic acids is 1. The van der Waals surface area contributed by atoms with E-state index in [-0.39, 0.29) is 17.9 Å². The Morgan fingerprint density at radius 1 is 1.40 bits per heavy atom. The first kappa shape index (κ1) is 15.0. The maximum atomic E-state index is 11.0. The number of carbonyl (C=O) groups is 1. The van der Waals surface area contributed by atoms with E-state index < -0.39 is 5.97 Å². The summed E-state index contributed by atoms with van der Waals surface area (Å²) in [5.74, 6) is 0.373. The topological polar surface area (TPSA) is 55.8 Å². The Morgan fingerprint density at radius 3 is 2.50 bits per heavy atom. The van der Waals surface area contributed by atoms with Crippen molar-refractivity contribution in [1.82, 2.24) is 0 Å². The molecule has 2 rings (SSSR count). The van der Waals surface area contributed by atoms with Gasteiger partial charge in [-0.05, 0) is 38.3 Å². The van der Waals surface area contributed by atoms with Crippen LogP contribution in [0.15, 0.2) is 12.1 Å². The summed E-state index contributed by atoms with van der Waals surface area (Å²) in [5.41, 5.74) is 0.502. The highest BCUT2D eigenvalue weighted by Gasteiger charge is 2.47. The number of carboxylic acid groups (broad SMARTS) is 1. The van der Waals surface area contributed by atoms with Crippen LogP contribution in [0.5, 0.6) is 11.5 Å². The minimum absolute atomic E-state index is 0.00699. The Labute approximate surface area is 123 Å². The molecule has 20 heavy (non-hydrogen) atoms. The van der Waals surface area contributed by atoms with Gasteiger partial charge in [0.1, 0.15) is 0 Å². The molecule has 0 radical (unpaired) electrons. The Bertz CT molecular complexity index is 521. The predicted octanol–water partition coefficient (Wildman–Crippen LogP) is 3.64. The van der Waals surface area contributed by atoms with Crippen molar-refractivity contribution in [2.45, 2.75) is 44.6 Å². The van der Waals surface area contributed by atoms with Gasteiger partial charge in [0.2, 0.25) is 0 Å². The second kappa shape index (κ2) is 5.52. The second-order valence-corrected chi connectivity index (χ2v) is 5.91. The van der Waals surface area contributed by atoms with E-state index in [2.05, 4.69) is 0 Å². The van der Waals surface area contributed by atoms with Gasteiger partial charge in [0.15, 0.2) is 11.5 Å². The number of hydrogen-bond donors (Lipinski definition) is 1. The van der Waals surface area contributed by atoms with Crippen molar-refractivity contribution in [3.05, 3.63) is 22.7 Å². The molecular formula is C15H19ClO4. The third-order valence-corrected chi connectivity index (χ3v) is 3.84. The van der Waals surface area contributed by atoms with Crippen LogP contribution in [-0.4, -0.2) is 24.3 Å². The SMILES string of the molecule is COc1cc(Cl)c(C2(CC(=O)O)CC2)cc1OC(C)C. The Morgan fingerprint density at radius 2 is 2.05 bits per heavy atom. The molecule has 0 spiro atoms. The first-order chi connectivity index (χ1) is 9.38. The molecule has 1 aliphatic carbocycles. The van der Waals surface area contributed by atoms with Crippen molar-refractivity contribution in [1.29, 1.82) is 0 Å². The molecule has 4 nitrogen and oxygen atoms in total. The summed E-state index contributed by atoms with van der Waals surface area (Å²) < 4.78 is 11.0. The molecule has 0 aromatic heterocycles. The molecule has 0 aliphatic heterocycles. The van der Waals surface area contributed by atoms with E-state index in [0.29, 0.717) is 16.5 Å². The fourth-order valence-electron chi connectivity index (χ4n) is 2.43. The first-order valence-electron chi connectivity index (χ1n) is 6.64. The molecule has 1 aromatic rings. The van der Waals surface area contributed by atoms with Gasteiger partial charge in [-0.2, -0.15) is 0 Å². The van der Waals surface area contributed by atoms with Crippen LogP contribution in [0.1, 0.15) is 38.7 Å². The number of methoxy groups -OCH3 is 1. The molecule has 1 saturated carbocycles. The van der Waals surface area contributed by atoms with Crippen LogP contribution in [0.2, 0.25) is 5.02 Å². The van der Waals surface area contributed by atoms with E-state index >= 15 is 0 Å². The van der Waals surface area contributed by atoms with Crippen LogP contribution in [0.4, 0.5) is 0 Å². The van der Waals surface area contributed by atoms with Crippen molar-refractivity contribution < 1.29 is 19.4 Å². The molecule has 0 unspecified atom stereocenters. The molecule has 1 N–H and O–H groups in total. The van der Waals surface area contributed by atoms with E-state index in [1.807, 2.05) is 19.9 Å². The van der Waals surface area contributed by atoms with Gasteiger partial charge < -0.3 is 14.6 Å². The molecule has 0 bridgehead atoms. The lowest BCUT2D eigenvalue weighted by Crippen LogP contribution is -2.14. The smallest absolute Gasteiger partial charge is 0.304 e. The van der Waals surface area contributed by atoms with Gasteiger partial charge in [-0.1, -0.05) is 11.6 Å². The maximum Gasteiger partial charge on any atom is 0.304 e. The number of carboxylic acids is 1. The Kier molecular flexibility index (Phi) is 4.14. The van der Waals surface area contributed by atoms with Gasteiger partial charge in [-0.15, -0.1) is 0 Å². The predicted molar refractivity (Wildman–Crippen MR) is 76.9 cm³/mol. The molecule has 0 amide bonds. The van der Waals surface area contributed by atoms with Crippen LogP contribution in [-0.2, 0) is 10.2 Å². The summed E-state index contributed by atoms with van der Waals surface area (Å²) in [4.78, 5) is 11.0. The minimum atomic E-state index is -0.805. The fraction of sp³-hybridized carbons (Fsp3) is 0.533. The van der Waals surface area contributed by atoms with E-state index in [1.54, 1.807) is 13.2 Å². The molecule has 1 aliphatic rings. The van der Waals surface area contributed by atoms with Gasteiger partial charge in [-0.3, -0.25) is 4.79 Å². The number of halogens is 1. The number of hydrogen-bond acceptors (Lipinski definition) is 3. The molecule has 0 atom stereocenters. The lowest BCUT2D eigenvalue weighted by atomic mass is 9.92. The van der Waals surface area contributed by atoms with Crippen molar-refractivity contribution in [2.24, 2.45) is 0 Å². The van der Waals surface area contributed by atoms with Crippen molar-refractivity contribution >= 4 is 17.6 Å². The monoisotopic (exact) mass is 298 g/mol. The molecule has 0 heterocycles. The highest BCUT2D eigenvalue weighted by Crippen LogP contribution is 2.54. The first-order valence-corrected chi connectivity index (χ1v) is 7.02. The highest BCUT2D eigenvalue weighted by molar-refractivity contribution is 6.31. The van der Waals surface area contributed by atoms with E-state index in [0.717, 1.165) is 18.4 Å². The second-order valence-electron chi connectivity index (χ2n) is 5.50. The Balaban J connectivity index is 2.41.